The molecule has 0 N–H and O–H groups in total. The van der Waals surface area contributed by atoms with E-state index in [9.17, 15) is 10.5 Å². The lowest BCUT2D eigenvalue weighted by atomic mass is 10.0. The van der Waals surface area contributed by atoms with Crippen molar-refractivity contribution in [3.05, 3.63) is 32.3 Å². The van der Waals surface area contributed by atoms with Gasteiger partial charge in [0, 0.05) is 10.8 Å². The molecule has 26 heavy (non-hydrogen) atoms. The first-order chi connectivity index (χ1) is 12.6. The minimum atomic E-state index is -0.0902. The number of rotatable bonds is 0. The largest absolute Gasteiger partial charge is 0.192 e. The lowest BCUT2D eigenvalue weighted by molar-refractivity contribution is 1.50. The second kappa shape index (κ2) is 6.37. The molecule has 0 saturated carbocycles. The summed E-state index contributed by atoms with van der Waals surface area (Å²) in [5, 5.41) is 56.5. The fourth-order valence-electron chi connectivity index (χ4n) is 2.51. The van der Waals surface area contributed by atoms with Gasteiger partial charge in [-0.2, -0.15) is 31.6 Å². The molecule has 0 saturated heterocycles. The summed E-state index contributed by atoms with van der Waals surface area (Å²) >= 11 is 2.18. The number of benzene rings is 1. The van der Waals surface area contributed by atoms with Crippen molar-refractivity contribution in [1.82, 2.24) is 0 Å². The normalized spacial score (nSPS) is 9.31. The van der Waals surface area contributed by atoms with E-state index in [-0.39, 0.29) is 11.1 Å². The van der Waals surface area contributed by atoms with E-state index < -0.39 is 0 Å². The van der Waals surface area contributed by atoms with Gasteiger partial charge in [-0.25, -0.2) is 0 Å². The average molecular weight is 366 g/mol. The molecule has 6 nitrogen and oxygen atoms in total. The second-order valence-electron chi connectivity index (χ2n) is 4.88. The molecular weight excluding hydrogens is 364 g/mol. The molecule has 0 bridgehead atoms. The summed E-state index contributed by atoms with van der Waals surface area (Å²) in [6, 6.07) is 14.5. The molecule has 3 rings (SSSR count). The van der Waals surface area contributed by atoms with Crippen LogP contribution in [-0.2, 0) is 0 Å². The first-order valence-corrected chi connectivity index (χ1v) is 8.45. The molecule has 0 spiro atoms. The van der Waals surface area contributed by atoms with E-state index in [0.717, 1.165) is 22.7 Å². The lowest BCUT2D eigenvalue weighted by Crippen LogP contribution is -1.94. The minimum Gasteiger partial charge on any atom is -0.192 e. The van der Waals surface area contributed by atoms with Crippen LogP contribution in [0.1, 0.15) is 11.1 Å². The van der Waals surface area contributed by atoms with Gasteiger partial charge in [0.1, 0.15) is 47.6 Å². The topological polar surface area (TPSA) is 143 Å². The van der Waals surface area contributed by atoms with Crippen LogP contribution in [0.3, 0.4) is 0 Å². The summed E-state index contributed by atoms with van der Waals surface area (Å²) in [6.45, 7) is 0. The zero-order valence-electron chi connectivity index (χ0n) is 12.7. The van der Waals surface area contributed by atoms with Gasteiger partial charge in [-0.15, -0.1) is 22.7 Å². The third-order valence-electron chi connectivity index (χ3n) is 3.62. The van der Waals surface area contributed by atoms with Gasteiger partial charge in [0.05, 0.1) is 29.6 Å². The SMILES string of the molecule is N#CC(C#N)=c1cc2c(C#N)c3sc(=C(C#N)C#N)cc3c(C#N)c2s1. The molecule has 0 aliphatic rings. The minimum absolute atomic E-state index is 0.0902. The van der Waals surface area contributed by atoms with Crippen molar-refractivity contribution in [2.24, 2.45) is 0 Å². The summed E-state index contributed by atoms with van der Waals surface area (Å²) in [7, 11) is 0. The molecule has 3 aromatic rings. The number of hydrogen-bond donors (Lipinski definition) is 0. The standard InChI is InChI=1S/C18H2N6S2/c19-3-9(4-20)15-1-11-13(7-23)18-12(14(8-24)17(11)25-15)2-16(26-18)10(5-21)6-22/h1-2H. The molecule has 0 fully saturated rings. The second-order valence-corrected chi connectivity index (χ2v) is 6.98. The maximum Gasteiger partial charge on any atom is 0.146 e. The Kier molecular flexibility index (Phi) is 4.09. The van der Waals surface area contributed by atoms with Crippen LogP contribution in [0, 0.1) is 68.0 Å². The predicted octanol–water partition coefficient (Wildman–Crippen LogP) is 2.26. The van der Waals surface area contributed by atoms with Gasteiger partial charge in [-0.05, 0) is 12.1 Å². The molecule has 0 aliphatic heterocycles. The lowest BCUT2D eigenvalue weighted by Gasteiger charge is -1.99. The van der Waals surface area contributed by atoms with Crippen LogP contribution >= 0.6 is 22.7 Å². The molecule has 116 valence electrons. The summed E-state index contributed by atoms with van der Waals surface area (Å²) < 4.78 is 1.76. The van der Waals surface area contributed by atoms with Crippen molar-refractivity contribution in [3.63, 3.8) is 0 Å². The van der Waals surface area contributed by atoms with Gasteiger partial charge in [-0.3, -0.25) is 0 Å². The maximum absolute atomic E-state index is 9.63. The van der Waals surface area contributed by atoms with E-state index in [4.69, 9.17) is 21.0 Å². The van der Waals surface area contributed by atoms with Crippen LogP contribution in [0.25, 0.3) is 31.3 Å². The van der Waals surface area contributed by atoms with E-state index in [2.05, 4.69) is 12.1 Å². The first-order valence-electron chi connectivity index (χ1n) is 6.81. The molecule has 0 aliphatic carbocycles. The highest BCUT2D eigenvalue weighted by Crippen LogP contribution is 2.35. The highest BCUT2D eigenvalue weighted by Gasteiger charge is 2.18. The molecule has 2 aromatic heterocycles. The monoisotopic (exact) mass is 366 g/mol. The zero-order valence-corrected chi connectivity index (χ0v) is 14.3. The zero-order chi connectivity index (χ0) is 18.8. The van der Waals surface area contributed by atoms with Crippen molar-refractivity contribution >= 4 is 54.0 Å². The van der Waals surface area contributed by atoms with Gasteiger partial charge >= 0.3 is 0 Å². The molecule has 1 aromatic carbocycles. The summed E-state index contributed by atoms with van der Waals surface area (Å²) in [5.41, 5.74) is 0.400. The Bertz CT molecular complexity index is 1290. The summed E-state index contributed by atoms with van der Waals surface area (Å²) in [4.78, 5) is 0. The highest BCUT2D eigenvalue weighted by atomic mass is 32.1. The fourth-order valence-corrected chi connectivity index (χ4v) is 4.75. The van der Waals surface area contributed by atoms with E-state index >= 15 is 0 Å². The van der Waals surface area contributed by atoms with Gasteiger partial charge in [-0.1, -0.05) is 0 Å². The number of nitriles is 6. The van der Waals surface area contributed by atoms with Crippen molar-refractivity contribution < 1.29 is 0 Å². The molecule has 2 heterocycles. The molecule has 0 radical (unpaired) electrons. The van der Waals surface area contributed by atoms with Crippen LogP contribution in [0.4, 0.5) is 0 Å². The highest BCUT2D eigenvalue weighted by molar-refractivity contribution is 7.19. The van der Waals surface area contributed by atoms with Crippen molar-refractivity contribution in [2.75, 3.05) is 0 Å². The van der Waals surface area contributed by atoms with E-state index in [1.807, 2.05) is 0 Å². The number of nitrogens with zero attached hydrogens (tertiary/aromatic N) is 6. The summed E-state index contributed by atoms with van der Waals surface area (Å²) in [6.07, 6.45) is 0. The summed E-state index contributed by atoms with van der Waals surface area (Å²) in [5.74, 6) is 0. The molecular formula is C18H2N6S2. The molecule has 0 unspecified atom stereocenters. The quantitative estimate of drug-likeness (QED) is 0.597. The number of fused-ring (bicyclic) bond motifs is 2. The van der Waals surface area contributed by atoms with Crippen LogP contribution in [0.5, 0.6) is 0 Å². The molecule has 0 atom stereocenters. The van der Waals surface area contributed by atoms with Crippen molar-refractivity contribution in [2.45, 2.75) is 0 Å². The van der Waals surface area contributed by atoms with E-state index in [1.54, 1.807) is 36.4 Å². The molecule has 0 amide bonds. The Morgan fingerprint density at radius 2 is 0.962 bits per heavy atom. The van der Waals surface area contributed by atoms with Crippen LogP contribution < -0.4 is 9.06 Å². The van der Waals surface area contributed by atoms with E-state index in [1.165, 1.54) is 0 Å². The van der Waals surface area contributed by atoms with Crippen molar-refractivity contribution in [3.8, 4) is 36.4 Å². The van der Waals surface area contributed by atoms with Gasteiger partial charge in [0.2, 0.25) is 0 Å². The smallest absolute Gasteiger partial charge is 0.146 e. The van der Waals surface area contributed by atoms with Gasteiger partial charge < -0.3 is 0 Å². The third-order valence-corrected chi connectivity index (χ3v) is 5.96. The number of thiophene rings is 2. The Morgan fingerprint density at radius 3 is 1.23 bits per heavy atom. The van der Waals surface area contributed by atoms with E-state index in [0.29, 0.717) is 40.4 Å². The Balaban J connectivity index is 2.68. The Morgan fingerprint density at radius 1 is 0.615 bits per heavy atom. The molecule has 8 heteroatoms. The number of hydrogen-bond acceptors (Lipinski definition) is 8. The van der Waals surface area contributed by atoms with Crippen LogP contribution in [0.15, 0.2) is 12.1 Å². The van der Waals surface area contributed by atoms with Gasteiger partial charge in [0.15, 0.2) is 0 Å². The first kappa shape index (κ1) is 16.7. The van der Waals surface area contributed by atoms with Gasteiger partial charge in [0.25, 0.3) is 0 Å². The van der Waals surface area contributed by atoms with Crippen molar-refractivity contribution in [1.29, 1.82) is 31.6 Å². The third kappa shape index (κ3) is 2.25. The fraction of sp³-hybridized carbons (Fsp3) is 0. The maximum atomic E-state index is 9.63. The Hall–Kier alpha value is -4.18. The van der Waals surface area contributed by atoms with Crippen LogP contribution in [-0.4, -0.2) is 0 Å². The van der Waals surface area contributed by atoms with Crippen LogP contribution in [0.2, 0.25) is 0 Å². The average Bonchev–Trinajstić information content (AvgIpc) is 3.26. The Labute approximate surface area is 154 Å². The predicted molar refractivity (Wildman–Crippen MR) is 95.2 cm³/mol.